The van der Waals surface area contributed by atoms with Gasteiger partial charge in [0.05, 0.1) is 35.0 Å². The molecule has 0 bridgehead atoms. The maximum Gasteiger partial charge on any atom is 0.187 e. The van der Waals surface area contributed by atoms with E-state index in [0.29, 0.717) is 11.3 Å². The van der Waals surface area contributed by atoms with E-state index in [0.717, 1.165) is 39.3 Å². The van der Waals surface area contributed by atoms with E-state index in [1.54, 1.807) is 0 Å². The quantitative estimate of drug-likeness (QED) is 0.249. The molecule has 0 aliphatic carbocycles. The van der Waals surface area contributed by atoms with Crippen LogP contribution in [0.5, 0.6) is 0 Å². The fourth-order valence-corrected chi connectivity index (χ4v) is 5.52. The van der Waals surface area contributed by atoms with Crippen LogP contribution in [0.15, 0.2) is 127 Å². The number of anilines is 3. The van der Waals surface area contributed by atoms with Crippen molar-refractivity contribution < 1.29 is 0 Å². The van der Waals surface area contributed by atoms with Crippen molar-refractivity contribution in [2.45, 2.75) is 5.41 Å². The molecule has 168 valence electrons. The lowest BCUT2D eigenvalue weighted by molar-refractivity contribution is 0.731. The van der Waals surface area contributed by atoms with Crippen LogP contribution in [0.2, 0.25) is 0 Å². The van der Waals surface area contributed by atoms with Crippen molar-refractivity contribution in [2.24, 2.45) is 0 Å². The number of hydrogen-bond donors (Lipinski definition) is 0. The maximum atomic E-state index is 9.78. The Bertz CT molecular complexity index is 1560. The fourth-order valence-electron chi connectivity index (χ4n) is 5.52. The number of para-hydroxylation sites is 3. The Hall–Kier alpha value is -5.12. The lowest BCUT2D eigenvalue weighted by Gasteiger charge is -2.46. The fraction of sp³-hybridized carbons (Fsp3) is 0.0303. The summed E-state index contributed by atoms with van der Waals surface area (Å²) >= 11 is 0. The van der Waals surface area contributed by atoms with E-state index in [2.05, 4.69) is 101 Å². The highest BCUT2D eigenvalue weighted by molar-refractivity contribution is 5.89. The van der Waals surface area contributed by atoms with E-state index in [4.69, 9.17) is 6.57 Å². The summed E-state index contributed by atoms with van der Waals surface area (Å²) in [6.45, 7) is 7.69. The van der Waals surface area contributed by atoms with Crippen molar-refractivity contribution in [2.75, 3.05) is 4.90 Å². The van der Waals surface area contributed by atoms with Gasteiger partial charge >= 0.3 is 0 Å². The van der Waals surface area contributed by atoms with E-state index in [1.807, 2.05) is 42.5 Å². The third-order valence-corrected chi connectivity index (χ3v) is 6.95. The molecule has 0 amide bonds. The Labute approximate surface area is 211 Å². The molecule has 1 heterocycles. The zero-order valence-electron chi connectivity index (χ0n) is 19.5. The van der Waals surface area contributed by atoms with Gasteiger partial charge in [0.1, 0.15) is 0 Å². The summed E-state index contributed by atoms with van der Waals surface area (Å²) in [7, 11) is 0. The van der Waals surface area contributed by atoms with Crippen molar-refractivity contribution in [1.82, 2.24) is 0 Å². The Morgan fingerprint density at radius 1 is 0.639 bits per heavy atom. The molecule has 0 aromatic heterocycles. The van der Waals surface area contributed by atoms with Gasteiger partial charge in [0.2, 0.25) is 0 Å². The highest BCUT2D eigenvalue weighted by atomic mass is 15.2. The lowest BCUT2D eigenvalue weighted by atomic mass is 9.62. The minimum atomic E-state index is -0.716. The van der Waals surface area contributed by atoms with Crippen LogP contribution in [-0.2, 0) is 5.41 Å². The van der Waals surface area contributed by atoms with Gasteiger partial charge in [-0.3, -0.25) is 0 Å². The molecule has 0 atom stereocenters. The van der Waals surface area contributed by atoms with Crippen LogP contribution in [0.25, 0.3) is 4.85 Å². The van der Waals surface area contributed by atoms with E-state index >= 15 is 0 Å². The SMILES string of the molecule is [C-]#[N+]c1cccc(C2(c3cccc(C#N)c3)c3ccccc3N(c3ccccc3)c3ccccc32)c1. The average molecular weight is 460 g/mol. The summed E-state index contributed by atoms with van der Waals surface area (Å²) in [5.74, 6) is 0. The maximum absolute atomic E-state index is 9.78. The van der Waals surface area contributed by atoms with Crippen molar-refractivity contribution >= 4 is 22.7 Å². The molecule has 0 radical (unpaired) electrons. The third-order valence-electron chi connectivity index (χ3n) is 6.95. The first-order valence-electron chi connectivity index (χ1n) is 11.8. The zero-order chi connectivity index (χ0) is 24.5. The number of benzene rings is 5. The predicted molar refractivity (Wildman–Crippen MR) is 144 cm³/mol. The van der Waals surface area contributed by atoms with Gasteiger partial charge in [0.15, 0.2) is 5.69 Å². The van der Waals surface area contributed by atoms with Gasteiger partial charge in [0.25, 0.3) is 0 Å². The number of fused-ring (bicyclic) bond motifs is 2. The molecule has 36 heavy (non-hydrogen) atoms. The van der Waals surface area contributed by atoms with E-state index < -0.39 is 5.41 Å². The van der Waals surface area contributed by atoms with Crippen LogP contribution >= 0.6 is 0 Å². The molecule has 3 nitrogen and oxygen atoms in total. The number of rotatable bonds is 3. The Kier molecular flexibility index (Phi) is 5.11. The summed E-state index contributed by atoms with van der Waals surface area (Å²) in [4.78, 5) is 6.05. The van der Waals surface area contributed by atoms with Gasteiger partial charge in [-0.1, -0.05) is 91.0 Å². The average Bonchev–Trinajstić information content (AvgIpc) is 2.96. The molecule has 5 aromatic rings. The second-order valence-corrected chi connectivity index (χ2v) is 8.81. The molecule has 5 aromatic carbocycles. The Balaban J connectivity index is 1.80. The van der Waals surface area contributed by atoms with Crippen molar-refractivity contribution in [1.29, 1.82) is 5.26 Å². The van der Waals surface area contributed by atoms with Gasteiger partial charge < -0.3 is 4.90 Å². The lowest BCUT2D eigenvalue weighted by Crippen LogP contribution is -2.37. The normalized spacial score (nSPS) is 13.1. The van der Waals surface area contributed by atoms with Crippen molar-refractivity contribution in [3.8, 4) is 6.07 Å². The van der Waals surface area contributed by atoms with E-state index in [9.17, 15) is 5.26 Å². The van der Waals surface area contributed by atoms with Crippen LogP contribution in [0, 0.1) is 17.9 Å². The molecule has 0 saturated heterocycles. The van der Waals surface area contributed by atoms with Gasteiger partial charge in [-0.25, -0.2) is 4.85 Å². The molecule has 0 N–H and O–H groups in total. The van der Waals surface area contributed by atoms with Crippen LogP contribution in [0.1, 0.15) is 27.8 Å². The molecule has 1 aliphatic heterocycles. The van der Waals surface area contributed by atoms with E-state index in [1.165, 1.54) is 0 Å². The first-order valence-corrected chi connectivity index (χ1v) is 11.8. The summed E-state index contributed by atoms with van der Waals surface area (Å²) in [5.41, 5.74) is 7.89. The Morgan fingerprint density at radius 3 is 1.86 bits per heavy atom. The van der Waals surface area contributed by atoms with Crippen LogP contribution < -0.4 is 4.90 Å². The topological polar surface area (TPSA) is 31.4 Å². The smallest absolute Gasteiger partial charge is 0.187 e. The monoisotopic (exact) mass is 459 g/mol. The summed E-state index contributed by atoms with van der Waals surface area (Å²) < 4.78 is 0. The summed E-state index contributed by atoms with van der Waals surface area (Å²) in [6.07, 6.45) is 0. The van der Waals surface area contributed by atoms with E-state index in [-0.39, 0.29) is 0 Å². The molecule has 0 spiro atoms. The zero-order valence-corrected chi connectivity index (χ0v) is 19.5. The molecule has 0 fully saturated rings. The number of hydrogen-bond acceptors (Lipinski definition) is 2. The summed E-state index contributed by atoms with van der Waals surface area (Å²) in [5, 5.41) is 9.78. The van der Waals surface area contributed by atoms with Crippen molar-refractivity contribution in [3.63, 3.8) is 0 Å². The van der Waals surface area contributed by atoms with Crippen molar-refractivity contribution in [3.05, 3.63) is 167 Å². The van der Waals surface area contributed by atoms with Gasteiger partial charge in [-0.05, 0) is 58.7 Å². The highest BCUT2D eigenvalue weighted by Gasteiger charge is 2.46. The van der Waals surface area contributed by atoms with Crippen LogP contribution in [0.3, 0.4) is 0 Å². The van der Waals surface area contributed by atoms with Gasteiger partial charge in [-0.2, -0.15) is 5.26 Å². The highest BCUT2D eigenvalue weighted by Crippen LogP contribution is 2.57. The molecular formula is C33H21N3. The van der Waals surface area contributed by atoms with Crippen LogP contribution in [0.4, 0.5) is 22.7 Å². The van der Waals surface area contributed by atoms with Crippen LogP contribution in [-0.4, -0.2) is 0 Å². The summed E-state index contributed by atoms with van der Waals surface area (Å²) in [6, 6.07) is 45.3. The first kappa shape index (κ1) is 21.4. The third kappa shape index (κ3) is 3.12. The molecule has 6 rings (SSSR count). The first-order chi connectivity index (χ1) is 17.8. The predicted octanol–water partition coefficient (Wildman–Crippen LogP) is 8.27. The van der Waals surface area contributed by atoms with Gasteiger partial charge in [0, 0.05) is 5.69 Å². The minimum absolute atomic E-state index is 0.587. The minimum Gasteiger partial charge on any atom is -0.310 e. The second kappa shape index (κ2) is 8.58. The molecular weight excluding hydrogens is 438 g/mol. The second-order valence-electron chi connectivity index (χ2n) is 8.81. The molecule has 0 unspecified atom stereocenters. The number of nitriles is 1. The molecule has 3 heteroatoms. The van der Waals surface area contributed by atoms with Gasteiger partial charge in [-0.15, -0.1) is 0 Å². The largest absolute Gasteiger partial charge is 0.310 e. The molecule has 0 saturated carbocycles. The Morgan fingerprint density at radius 2 is 1.22 bits per heavy atom. The molecule has 1 aliphatic rings. The standard InChI is InChI=1S/C33H21N3/c1-35-27-14-10-13-26(22-27)33(25-12-9-11-24(21-25)23-34)29-17-5-7-19-31(29)36(28-15-3-2-4-16-28)32-20-8-6-18-30(32)33/h2-22H. The number of nitrogens with zero attached hydrogens (tertiary/aromatic N) is 3.